The van der Waals surface area contributed by atoms with Gasteiger partial charge in [0.25, 0.3) is 0 Å². The van der Waals surface area contributed by atoms with Crippen molar-refractivity contribution < 1.29 is 19.1 Å². The summed E-state index contributed by atoms with van der Waals surface area (Å²) in [6.07, 6.45) is 8.29. The predicted octanol–water partition coefficient (Wildman–Crippen LogP) is 7.13. The number of nitrogens with zero attached hydrogens (tertiary/aromatic N) is 1. The highest BCUT2D eigenvalue weighted by molar-refractivity contribution is 6.23. The van der Waals surface area contributed by atoms with Crippen LogP contribution in [0, 0.1) is 11.8 Å². The summed E-state index contributed by atoms with van der Waals surface area (Å²) in [7, 11) is 0. The number of rotatable bonds is 10. The second-order valence-corrected chi connectivity index (χ2v) is 11.1. The predicted molar refractivity (Wildman–Crippen MR) is 151 cm³/mol. The molecule has 3 aliphatic carbocycles. The lowest BCUT2D eigenvalue weighted by atomic mass is 9.55. The molecule has 1 saturated heterocycles. The quantitative estimate of drug-likeness (QED) is 0.123. The second kappa shape index (κ2) is 10.8. The number of benzene rings is 3. The van der Waals surface area contributed by atoms with Crippen LogP contribution in [0.25, 0.3) is 0 Å². The zero-order valence-corrected chi connectivity index (χ0v) is 22.5. The van der Waals surface area contributed by atoms with Gasteiger partial charge in [-0.2, -0.15) is 0 Å². The van der Waals surface area contributed by atoms with Gasteiger partial charge in [0.05, 0.1) is 17.5 Å². The van der Waals surface area contributed by atoms with Gasteiger partial charge >= 0.3 is 5.97 Å². The van der Waals surface area contributed by atoms with Crippen LogP contribution < -0.4 is 9.64 Å². The molecular weight excluding hydrogens is 486 g/mol. The average Bonchev–Trinajstić information content (AvgIpc) is 3.23. The van der Waals surface area contributed by atoms with Gasteiger partial charge in [-0.05, 0) is 40.8 Å². The van der Waals surface area contributed by atoms with Crippen molar-refractivity contribution >= 4 is 23.5 Å². The summed E-state index contributed by atoms with van der Waals surface area (Å²) < 4.78 is 5.62. The maximum atomic E-state index is 14.0. The Balaban J connectivity index is 1.19. The number of ether oxygens (including phenoxy) is 1. The lowest BCUT2D eigenvalue weighted by Gasteiger charge is -2.45. The van der Waals surface area contributed by atoms with Crippen molar-refractivity contribution in [2.75, 3.05) is 4.90 Å². The summed E-state index contributed by atoms with van der Waals surface area (Å²) >= 11 is 0. The summed E-state index contributed by atoms with van der Waals surface area (Å²) in [6, 6.07) is 23.3. The van der Waals surface area contributed by atoms with E-state index in [9.17, 15) is 14.4 Å². The number of imide groups is 1. The van der Waals surface area contributed by atoms with Gasteiger partial charge in [0.1, 0.15) is 5.75 Å². The van der Waals surface area contributed by atoms with Crippen molar-refractivity contribution in [1.82, 2.24) is 0 Å². The lowest BCUT2D eigenvalue weighted by molar-refractivity contribution is -0.134. The highest BCUT2D eigenvalue weighted by atomic mass is 16.5. The fraction of sp³-hybridized carbons (Fsp3) is 0.382. The fourth-order valence-corrected chi connectivity index (χ4v) is 7.03. The first-order valence-corrected chi connectivity index (χ1v) is 14.5. The number of amides is 2. The molecule has 2 atom stereocenters. The largest absolute Gasteiger partial charge is 0.426 e. The van der Waals surface area contributed by atoms with E-state index in [4.69, 9.17) is 4.74 Å². The molecule has 5 heteroatoms. The van der Waals surface area contributed by atoms with Crippen LogP contribution in [0.3, 0.4) is 0 Å². The first kappa shape index (κ1) is 25.5. The van der Waals surface area contributed by atoms with Crippen molar-refractivity contribution in [2.45, 2.75) is 70.1 Å². The Hall–Kier alpha value is -3.73. The van der Waals surface area contributed by atoms with Crippen LogP contribution in [0.15, 0.2) is 72.8 Å². The SMILES string of the molecule is CCCCCCCCCC(=O)Oc1cccc(N2C(=O)[C@@H]3C4c5ccccc5C(c5ccccc54)[C@@H]3C2=O)c1. The van der Waals surface area contributed by atoms with E-state index in [1.165, 1.54) is 30.6 Å². The van der Waals surface area contributed by atoms with Crippen LogP contribution in [0.2, 0.25) is 0 Å². The van der Waals surface area contributed by atoms with Crippen molar-refractivity contribution in [2.24, 2.45) is 11.8 Å². The van der Waals surface area contributed by atoms with Gasteiger partial charge in [-0.15, -0.1) is 0 Å². The molecule has 1 heterocycles. The lowest BCUT2D eigenvalue weighted by Crippen LogP contribution is -2.41. The minimum atomic E-state index is -0.434. The topological polar surface area (TPSA) is 63.7 Å². The molecule has 0 radical (unpaired) electrons. The molecule has 4 aliphatic rings. The summed E-state index contributed by atoms with van der Waals surface area (Å²) in [6.45, 7) is 2.20. The van der Waals surface area contributed by atoms with Crippen molar-refractivity contribution in [1.29, 1.82) is 0 Å². The van der Waals surface area contributed by atoms with Gasteiger partial charge in [-0.3, -0.25) is 14.4 Å². The number of esters is 1. The number of carbonyl (C=O) groups is 3. The Morgan fingerprint density at radius 2 is 1.21 bits per heavy atom. The van der Waals surface area contributed by atoms with Crippen molar-refractivity contribution in [3.8, 4) is 5.75 Å². The second-order valence-electron chi connectivity index (χ2n) is 11.1. The number of carbonyl (C=O) groups excluding carboxylic acids is 3. The third kappa shape index (κ3) is 4.48. The molecule has 5 nitrogen and oxygen atoms in total. The molecule has 0 spiro atoms. The third-order valence-electron chi connectivity index (χ3n) is 8.74. The van der Waals surface area contributed by atoms with Crippen molar-refractivity contribution in [3.63, 3.8) is 0 Å². The molecular formula is C34H35NO4. The number of hydrogen-bond donors (Lipinski definition) is 0. The molecule has 1 aliphatic heterocycles. The molecule has 0 unspecified atom stereocenters. The highest BCUT2D eigenvalue weighted by Crippen LogP contribution is 2.61. The first-order valence-electron chi connectivity index (χ1n) is 14.5. The Bertz CT molecular complexity index is 1300. The normalized spacial score (nSPS) is 22.4. The fourth-order valence-electron chi connectivity index (χ4n) is 7.03. The maximum Gasteiger partial charge on any atom is 0.311 e. The van der Waals surface area contributed by atoms with Crippen molar-refractivity contribution in [3.05, 3.63) is 95.1 Å². The maximum absolute atomic E-state index is 14.0. The van der Waals surface area contributed by atoms with Crippen LogP contribution >= 0.6 is 0 Å². The summed E-state index contributed by atoms with van der Waals surface area (Å²) in [5.74, 6) is -1.41. The van der Waals surface area contributed by atoms with E-state index in [0.29, 0.717) is 17.9 Å². The molecule has 3 aromatic carbocycles. The molecule has 2 bridgehead atoms. The third-order valence-corrected chi connectivity index (χ3v) is 8.74. The van der Waals surface area contributed by atoms with Crippen LogP contribution in [0.5, 0.6) is 5.75 Å². The van der Waals surface area contributed by atoms with Gasteiger partial charge in [0.15, 0.2) is 0 Å². The van der Waals surface area contributed by atoms with E-state index < -0.39 is 11.8 Å². The summed E-state index contributed by atoms with van der Waals surface area (Å²) in [4.78, 5) is 41.7. The molecule has 0 N–H and O–H groups in total. The molecule has 0 saturated carbocycles. The average molecular weight is 522 g/mol. The van der Waals surface area contributed by atoms with E-state index in [2.05, 4.69) is 31.2 Å². The van der Waals surface area contributed by atoms with E-state index in [1.807, 2.05) is 24.3 Å². The van der Waals surface area contributed by atoms with Gasteiger partial charge in [0.2, 0.25) is 11.8 Å². The van der Waals surface area contributed by atoms with Gasteiger partial charge in [-0.1, -0.05) is 100 Å². The van der Waals surface area contributed by atoms with Crippen LogP contribution in [-0.2, 0) is 14.4 Å². The Labute approximate surface area is 230 Å². The Morgan fingerprint density at radius 1 is 0.692 bits per heavy atom. The van der Waals surface area contributed by atoms with Crippen LogP contribution in [0.4, 0.5) is 5.69 Å². The summed E-state index contributed by atoms with van der Waals surface area (Å²) in [5.41, 5.74) is 5.07. The Kier molecular flexibility index (Phi) is 7.07. The summed E-state index contributed by atoms with van der Waals surface area (Å²) in [5, 5.41) is 0. The molecule has 1 fully saturated rings. The van der Waals surface area contributed by atoms with Crippen LogP contribution in [0.1, 0.15) is 92.4 Å². The number of hydrogen-bond acceptors (Lipinski definition) is 4. The van der Waals surface area contributed by atoms with Crippen LogP contribution in [-0.4, -0.2) is 17.8 Å². The molecule has 0 aromatic heterocycles. The van der Waals surface area contributed by atoms with E-state index in [1.54, 1.807) is 24.3 Å². The van der Waals surface area contributed by atoms with Gasteiger partial charge < -0.3 is 4.74 Å². The molecule has 39 heavy (non-hydrogen) atoms. The zero-order chi connectivity index (χ0) is 26.9. The zero-order valence-electron chi connectivity index (χ0n) is 22.5. The van der Waals surface area contributed by atoms with Gasteiger partial charge in [0, 0.05) is 24.3 Å². The smallest absolute Gasteiger partial charge is 0.311 e. The van der Waals surface area contributed by atoms with E-state index >= 15 is 0 Å². The molecule has 200 valence electrons. The minimum absolute atomic E-state index is 0.142. The number of anilines is 1. The standard InChI is InChI=1S/C34H35NO4/c1-2-3-4-5-6-7-8-20-28(36)39-23-15-13-14-22(21-23)35-33(37)31-29-24-16-9-10-17-25(24)30(32(31)34(35)38)27-19-12-11-18-26(27)29/h9-19,21,29-32H,2-8,20H2,1H3/t29?,30?,31-,32+. The first-order chi connectivity index (χ1) is 19.1. The van der Waals surface area contributed by atoms with E-state index in [0.717, 1.165) is 41.5 Å². The van der Waals surface area contributed by atoms with E-state index in [-0.39, 0.29) is 29.6 Å². The monoisotopic (exact) mass is 521 g/mol. The molecule has 3 aromatic rings. The molecule has 7 rings (SSSR count). The number of unbranched alkanes of at least 4 members (excludes halogenated alkanes) is 6. The molecule has 2 amide bonds. The minimum Gasteiger partial charge on any atom is -0.426 e. The highest BCUT2D eigenvalue weighted by Gasteiger charge is 2.61. The van der Waals surface area contributed by atoms with Gasteiger partial charge in [-0.25, -0.2) is 4.90 Å². The Morgan fingerprint density at radius 3 is 1.74 bits per heavy atom.